The molecule has 40 heavy (non-hydrogen) atoms. The average molecular weight is 550 g/mol. The number of halogens is 2. The number of allylic oxidation sites excluding steroid dienone is 1. The molecule has 0 amide bonds. The van der Waals surface area contributed by atoms with Gasteiger partial charge in [-0.05, 0) is 61.9 Å². The van der Waals surface area contributed by atoms with Gasteiger partial charge >= 0.3 is 11.9 Å². The van der Waals surface area contributed by atoms with Crippen molar-refractivity contribution < 1.29 is 37.3 Å². The summed E-state index contributed by atoms with van der Waals surface area (Å²) in [5, 5.41) is 0. The van der Waals surface area contributed by atoms with E-state index >= 15 is 4.39 Å². The minimum Gasteiger partial charge on any atom is -0.490 e. The molecule has 1 aliphatic heterocycles. The molecule has 0 saturated carbocycles. The zero-order valence-electron chi connectivity index (χ0n) is 22.1. The van der Waals surface area contributed by atoms with Crippen LogP contribution in [-0.4, -0.2) is 44.1 Å². The summed E-state index contributed by atoms with van der Waals surface area (Å²) in [6, 6.07) is 20.9. The number of carbonyl (C=O) groups is 2. The van der Waals surface area contributed by atoms with Crippen LogP contribution in [0.4, 0.5) is 8.78 Å². The Labute approximate surface area is 231 Å². The minimum absolute atomic E-state index is 0.0581. The molecule has 2 unspecified atom stereocenters. The molecule has 1 aliphatic rings. The number of ether oxygens (including phenoxy) is 4. The Balaban J connectivity index is 1.52. The van der Waals surface area contributed by atoms with Gasteiger partial charge in [0, 0.05) is 17.3 Å². The molecule has 4 rings (SSSR count). The van der Waals surface area contributed by atoms with Gasteiger partial charge in [-0.15, -0.1) is 0 Å². The summed E-state index contributed by atoms with van der Waals surface area (Å²) in [4.78, 5) is 31.0. The molecule has 208 valence electrons. The van der Waals surface area contributed by atoms with Crippen LogP contribution in [0.2, 0.25) is 0 Å². The Morgan fingerprint density at radius 1 is 0.775 bits per heavy atom. The molecular formula is C31H29F2NO6. The Morgan fingerprint density at radius 3 is 1.95 bits per heavy atom. The quantitative estimate of drug-likeness (QED) is 0.227. The topological polar surface area (TPSA) is 83.4 Å². The third kappa shape index (κ3) is 7.11. The van der Waals surface area contributed by atoms with Crippen LogP contribution in [0.15, 0.2) is 95.1 Å². The molecule has 0 saturated heterocycles. The number of nitrogens with zero attached hydrogens (tertiary/aromatic N) is 1. The van der Waals surface area contributed by atoms with Gasteiger partial charge in [0.1, 0.15) is 55.5 Å². The number of hydrogen-bond acceptors (Lipinski definition) is 7. The van der Waals surface area contributed by atoms with Gasteiger partial charge in [0.25, 0.3) is 0 Å². The van der Waals surface area contributed by atoms with Crippen LogP contribution in [0, 0.1) is 17.6 Å². The lowest BCUT2D eigenvalue weighted by Gasteiger charge is -2.31. The van der Waals surface area contributed by atoms with Crippen molar-refractivity contribution in [1.29, 1.82) is 0 Å². The molecule has 0 fully saturated rings. The van der Waals surface area contributed by atoms with Gasteiger partial charge in [0.15, 0.2) is 0 Å². The highest BCUT2D eigenvalue weighted by molar-refractivity contribution is 6.07. The first kappa shape index (κ1) is 28.5. The Bertz CT molecular complexity index is 1390. The summed E-state index contributed by atoms with van der Waals surface area (Å²) in [5.41, 5.74) is 0.293. The van der Waals surface area contributed by atoms with Crippen LogP contribution >= 0.6 is 0 Å². The normalized spacial score (nSPS) is 16.6. The summed E-state index contributed by atoms with van der Waals surface area (Å²) in [6.45, 7) is 3.06. The van der Waals surface area contributed by atoms with Crippen LogP contribution in [0.25, 0.3) is 0 Å². The second-order valence-corrected chi connectivity index (χ2v) is 9.00. The van der Waals surface area contributed by atoms with E-state index in [0.717, 1.165) is 18.2 Å². The second kappa shape index (κ2) is 13.5. The third-order valence-electron chi connectivity index (χ3n) is 6.26. The predicted octanol–water partition coefficient (Wildman–Crippen LogP) is 5.66. The highest BCUT2D eigenvalue weighted by Gasteiger charge is 2.43. The first-order valence-electron chi connectivity index (χ1n) is 12.8. The number of esters is 2. The maximum atomic E-state index is 15.1. The lowest BCUT2D eigenvalue weighted by atomic mass is 9.75. The Kier molecular flexibility index (Phi) is 9.62. The molecule has 0 aromatic heterocycles. The molecule has 1 heterocycles. The van der Waals surface area contributed by atoms with Crippen molar-refractivity contribution in [2.75, 3.05) is 26.4 Å². The van der Waals surface area contributed by atoms with E-state index in [1.807, 2.05) is 36.4 Å². The highest BCUT2D eigenvalue weighted by atomic mass is 19.1. The van der Waals surface area contributed by atoms with Crippen LogP contribution in [0.1, 0.15) is 25.3 Å². The first-order chi connectivity index (χ1) is 19.3. The van der Waals surface area contributed by atoms with E-state index in [4.69, 9.17) is 18.9 Å². The fourth-order valence-electron chi connectivity index (χ4n) is 4.49. The van der Waals surface area contributed by atoms with Gasteiger partial charge in [0.05, 0.1) is 5.57 Å². The lowest BCUT2D eigenvalue weighted by molar-refractivity contribution is -0.147. The van der Waals surface area contributed by atoms with E-state index < -0.39 is 35.4 Å². The van der Waals surface area contributed by atoms with Crippen molar-refractivity contribution in [1.82, 2.24) is 0 Å². The summed E-state index contributed by atoms with van der Waals surface area (Å²) >= 11 is 0. The van der Waals surface area contributed by atoms with E-state index in [-0.39, 0.29) is 43.3 Å². The largest absolute Gasteiger partial charge is 0.490 e. The van der Waals surface area contributed by atoms with E-state index in [9.17, 15) is 14.0 Å². The zero-order chi connectivity index (χ0) is 28.5. The van der Waals surface area contributed by atoms with Crippen molar-refractivity contribution in [2.24, 2.45) is 10.9 Å². The number of benzene rings is 3. The number of hydrogen-bond donors (Lipinski definition) is 0. The average Bonchev–Trinajstić information content (AvgIpc) is 2.95. The molecule has 3 aromatic carbocycles. The van der Waals surface area contributed by atoms with E-state index in [1.165, 1.54) is 0 Å². The number of para-hydroxylation sites is 2. The van der Waals surface area contributed by atoms with Crippen molar-refractivity contribution in [3.8, 4) is 11.5 Å². The predicted molar refractivity (Wildman–Crippen MR) is 144 cm³/mol. The lowest BCUT2D eigenvalue weighted by Crippen LogP contribution is -2.37. The van der Waals surface area contributed by atoms with Crippen LogP contribution in [-0.2, 0) is 19.1 Å². The number of carbonyl (C=O) groups excluding carboxylic acids is 2. The van der Waals surface area contributed by atoms with Crippen molar-refractivity contribution in [2.45, 2.75) is 19.8 Å². The summed E-state index contributed by atoms with van der Waals surface area (Å²) in [7, 11) is 0. The molecular weight excluding hydrogens is 520 g/mol. The monoisotopic (exact) mass is 549 g/mol. The fraction of sp³-hybridized carbons (Fsp3) is 0.258. The van der Waals surface area contributed by atoms with Gasteiger partial charge in [0.2, 0.25) is 0 Å². The van der Waals surface area contributed by atoms with Crippen molar-refractivity contribution >= 4 is 17.7 Å². The fourth-order valence-corrected chi connectivity index (χ4v) is 4.49. The summed E-state index contributed by atoms with van der Waals surface area (Å²) in [6.07, 6.45) is 0. The van der Waals surface area contributed by atoms with Crippen LogP contribution in [0.5, 0.6) is 11.5 Å². The molecule has 7 nitrogen and oxygen atoms in total. The molecule has 0 bridgehead atoms. The molecule has 2 atom stereocenters. The van der Waals surface area contributed by atoms with Crippen LogP contribution < -0.4 is 9.47 Å². The maximum absolute atomic E-state index is 15.1. The summed E-state index contributed by atoms with van der Waals surface area (Å²) in [5.74, 6) is -4.28. The smallest absolute Gasteiger partial charge is 0.336 e. The standard InChI is InChI=1S/C31H29F2NO6/c1-20-27(30(35)39-17-15-37-23-9-5-3-6-10-23)29(25-19-22(32)13-14-26(25)33)28(21(2)34-20)31(36)40-18-16-38-24-11-7-4-8-12-24/h3-14,19,27,29H,15-18H2,1-2H3. The van der Waals surface area contributed by atoms with E-state index in [1.54, 1.807) is 38.1 Å². The number of aliphatic imine (C=N–C) groups is 1. The molecule has 0 spiro atoms. The Morgan fingerprint density at radius 2 is 1.35 bits per heavy atom. The van der Waals surface area contributed by atoms with Crippen molar-refractivity contribution in [3.63, 3.8) is 0 Å². The van der Waals surface area contributed by atoms with Gasteiger partial charge in [-0.1, -0.05) is 36.4 Å². The zero-order valence-corrected chi connectivity index (χ0v) is 22.1. The van der Waals surface area contributed by atoms with E-state index in [0.29, 0.717) is 17.2 Å². The first-order valence-corrected chi connectivity index (χ1v) is 12.8. The van der Waals surface area contributed by atoms with Crippen molar-refractivity contribution in [3.05, 3.63) is 107 Å². The second-order valence-electron chi connectivity index (χ2n) is 9.00. The number of rotatable bonds is 11. The molecule has 0 aliphatic carbocycles. The Hall–Kier alpha value is -4.53. The molecule has 0 N–H and O–H groups in total. The maximum Gasteiger partial charge on any atom is 0.336 e. The summed E-state index contributed by atoms with van der Waals surface area (Å²) < 4.78 is 51.4. The van der Waals surface area contributed by atoms with Crippen LogP contribution in [0.3, 0.4) is 0 Å². The van der Waals surface area contributed by atoms with Gasteiger partial charge < -0.3 is 18.9 Å². The van der Waals surface area contributed by atoms with Gasteiger partial charge in [-0.2, -0.15) is 0 Å². The molecule has 9 heteroatoms. The third-order valence-corrected chi connectivity index (χ3v) is 6.26. The SMILES string of the molecule is CC1=NC(C)=C(C(=O)OCCOc2ccccc2)C(c2cc(F)ccc2F)C1C(=O)OCCOc1ccccc1. The van der Waals surface area contributed by atoms with Gasteiger partial charge in [-0.25, -0.2) is 13.6 Å². The molecule has 3 aromatic rings. The highest BCUT2D eigenvalue weighted by Crippen LogP contribution is 2.41. The molecule has 0 radical (unpaired) electrons. The van der Waals surface area contributed by atoms with E-state index in [2.05, 4.69) is 4.99 Å². The minimum atomic E-state index is -1.22. The van der Waals surface area contributed by atoms with Gasteiger partial charge in [-0.3, -0.25) is 9.79 Å².